The molecule has 39 heavy (non-hydrogen) atoms. The molecule has 2 N–H and O–H groups in total. The van der Waals surface area contributed by atoms with E-state index in [4.69, 9.17) is 4.74 Å². The minimum absolute atomic E-state index is 0.0115. The molecular formula is C25H27F4N5O4S. The molecule has 0 spiro atoms. The quantitative estimate of drug-likeness (QED) is 0.426. The van der Waals surface area contributed by atoms with Gasteiger partial charge in [-0.1, -0.05) is 0 Å². The van der Waals surface area contributed by atoms with Gasteiger partial charge in [0.05, 0.1) is 23.2 Å². The number of rotatable bonds is 6. The number of nitrogens with zero attached hydrogens (tertiary/aromatic N) is 3. The summed E-state index contributed by atoms with van der Waals surface area (Å²) in [5, 5.41) is 0. The summed E-state index contributed by atoms with van der Waals surface area (Å²) in [7, 11) is -5.69. The number of alkyl halides is 3. The van der Waals surface area contributed by atoms with Crippen LogP contribution in [0.2, 0.25) is 0 Å². The molecule has 0 unspecified atom stereocenters. The highest BCUT2D eigenvalue weighted by atomic mass is 32.2. The lowest BCUT2D eigenvalue weighted by molar-refractivity contribution is -0.126. The Balaban J connectivity index is 1.08. The first-order valence-corrected chi connectivity index (χ1v) is 14.1. The van der Waals surface area contributed by atoms with E-state index < -0.39 is 27.4 Å². The highest BCUT2D eigenvalue weighted by molar-refractivity contribution is 7.90. The number of anilines is 1. The van der Waals surface area contributed by atoms with Gasteiger partial charge in [-0.15, -0.1) is 0 Å². The summed E-state index contributed by atoms with van der Waals surface area (Å²) in [6, 6.07) is 8.21. The number of H-pyrrole nitrogens is 1. The molecular weight excluding hydrogens is 542 g/mol. The maximum Gasteiger partial charge on any atom is 0.516 e. The lowest BCUT2D eigenvalue weighted by atomic mass is 9.87. The van der Waals surface area contributed by atoms with Crippen molar-refractivity contribution in [3.63, 3.8) is 0 Å². The Morgan fingerprint density at radius 3 is 2.36 bits per heavy atom. The predicted octanol–water partition coefficient (Wildman–Crippen LogP) is 4.27. The fraction of sp³-hybridized carbons (Fsp3) is 0.480. The highest BCUT2D eigenvalue weighted by Crippen LogP contribution is 2.31. The molecule has 1 aliphatic heterocycles. The monoisotopic (exact) mass is 569 g/mol. The van der Waals surface area contributed by atoms with Crippen LogP contribution in [0.3, 0.4) is 0 Å². The third-order valence-corrected chi connectivity index (χ3v) is 8.28. The topological polar surface area (TPSA) is 117 Å². The number of aromatic nitrogens is 3. The van der Waals surface area contributed by atoms with Crippen LogP contribution >= 0.6 is 0 Å². The van der Waals surface area contributed by atoms with Gasteiger partial charge in [0.2, 0.25) is 5.91 Å². The van der Waals surface area contributed by atoms with Crippen molar-refractivity contribution in [2.24, 2.45) is 5.92 Å². The molecule has 9 nitrogen and oxygen atoms in total. The summed E-state index contributed by atoms with van der Waals surface area (Å²) >= 11 is 0. The number of carbonyl (C=O) groups is 1. The van der Waals surface area contributed by atoms with E-state index in [1.54, 1.807) is 12.3 Å². The molecule has 0 radical (unpaired) electrons. The van der Waals surface area contributed by atoms with Gasteiger partial charge in [-0.2, -0.15) is 21.6 Å². The van der Waals surface area contributed by atoms with Crippen LogP contribution in [0.4, 0.5) is 23.4 Å². The fourth-order valence-electron chi connectivity index (χ4n) is 5.06. The van der Waals surface area contributed by atoms with Crippen LogP contribution in [0.1, 0.15) is 38.5 Å². The SMILES string of the molecule is O=C(NS(=O)(=O)C(F)(F)F)C1CCC(OC2CCN(c3ccc(-c4nc5cc(F)ccc5[nH]4)cn3)CC2)CC1. The molecule has 1 saturated heterocycles. The second-order valence-electron chi connectivity index (χ2n) is 9.86. The summed E-state index contributed by atoms with van der Waals surface area (Å²) < 4.78 is 80.7. The van der Waals surface area contributed by atoms with Crippen molar-refractivity contribution >= 4 is 32.8 Å². The van der Waals surface area contributed by atoms with Crippen molar-refractivity contribution in [1.29, 1.82) is 0 Å². The van der Waals surface area contributed by atoms with Crippen LogP contribution < -0.4 is 9.62 Å². The van der Waals surface area contributed by atoms with Gasteiger partial charge in [0.15, 0.2) is 0 Å². The van der Waals surface area contributed by atoms with Gasteiger partial charge in [0.1, 0.15) is 17.5 Å². The maximum atomic E-state index is 13.4. The Hall–Kier alpha value is -3.26. The van der Waals surface area contributed by atoms with Crippen molar-refractivity contribution in [3.8, 4) is 11.4 Å². The number of carbonyl (C=O) groups excluding carboxylic acids is 1. The maximum absolute atomic E-state index is 13.4. The Morgan fingerprint density at radius 2 is 1.72 bits per heavy atom. The average Bonchev–Trinajstić information content (AvgIpc) is 3.32. The molecule has 2 fully saturated rings. The first kappa shape index (κ1) is 27.3. The number of piperidine rings is 1. The Labute approximate surface area is 222 Å². The first-order chi connectivity index (χ1) is 18.5. The summed E-state index contributed by atoms with van der Waals surface area (Å²) in [4.78, 5) is 26.3. The van der Waals surface area contributed by atoms with Crippen molar-refractivity contribution in [3.05, 3.63) is 42.3 Å². The number of pyridine rings is 1. The molecule has 2 aliphatic rings. The van der Waals surface area contributed by atoms with Gasteiger partial charge in [0, 0.05) is 36.8 Å². The minimum Gasteiger partial charge on any atom is -0.375 e. The van der Waals surface area contributed by atoms with Gasteiger partial charge in [-0.25, -0.2) is 19.1 Å². The van der Waals surface area contributed by atoms with Crippen molar-refractivity contribution < 1.29 is 35.5 Å². The molecule has 0 bridgehead atoms. The number of amides is 1. The number of hydrogen-bond acceptors (Lipinski definition) is 7. The minimum atomic E-state index is -5.69. The lowest BCUT2D eigenvalue weighted by Gasteiger charge is -2.36. The molecule has 210 valence electrons. The number of hydrogen-bond donors (Lipinski definition) is 2. The number of ether oxygens (including phenoxy) is 1. The normalized spacial score (nSPS) is 21.3. The number of sulfonamides is 1. The molecule has 2 aromatic heterocycles. The number of imidazole rings is 1. The van der Waals surface area contributed by atoms with E-state index in [0.29, 0.717) is 24.2 Å². The number of halogens is 4. The second-order valence-corrected chi connectivity index (χ2v) is 11.5. The zero-order valence-corrected chi connectivity index (χ0v) is 21.6. The van der Waals surface area contributed by atoms with E-state index >= 15 is 0 Å². The van der Waals surface area contributed by atoms with Gasteiger partial charge in [-0.3, -0.25) is 4.79 Å². The lowest BCUT2D eigenvalue weighted by Crippen LogP contribution is -2.44. The van der Waals surface area contributed by atoms with Crippen LogP contribution in [-0.4, -0.2) is 60.1 Å². The van der Waals surface area contributed by atoms with Gasteiger partial charge < -0.3 is 14.6 Å². The van der Waals surface area contributed by atoms with E-state index in [1.165, 1.54) is 12.1 Å². The standard InChI is InChI=1S/C25H27F4N5O4S/c26-17-4-7-20-21(13-17)32-23(31-20)16-3-8-22(30-14-16)34-11-9-19(10-12-34)38-18-5-1-15(2-6-18)24(35)33-39(36,37)25(27,28)29/h3-4,7-8,13-15,18-19H,1-2,5-6,9-12H2,(H,31,32)(H,33,35). The average molecular weight is 570 g/mol. The van der Waals surface area contributed by atoms with E-state index in [2.05, 4.69) is 19.9 Å². The Bertz CT molecular complexity index is 1430. The summed E-state index contributed by atoms with van der Waals surface area (Å²) in [5.41, 5.74) is -3.45. The number of aromatic amines is 1. The van der Waals surface area contributed by atoms with Gasteiger partial charge >= 0.3 is 15.5 Å². The first-order valence-electron chi connectivity index (χ1n) is 12.6. The molecule has 3 aromatic rings. The highest BCUT2D eigenvalue weighted by Gasteiger charge is 2.47. The van der Waals surface area contributed by atoms with Crippen molar-refractivity contribution in [2.45, 2.75) is 56.2 Å². The van der Waals surface area contributed by atoms with Crippen LogP contribution in [0.5, 0.6) is 0 Å². The van der Waals surface area contributed by atoms with E-state index in [0.717, 1.165) is 47.6 Å². The van der Waals surface area contributed by atoms with Gasteiger partial charge in [0.25, 0.3) is 0 Å². The summed E-state index contributed by atoms with van der Waals surface area (Å²) in [6.45, 7) is 1.46. The zero-order valence-electron chi connectivity index (χ0n) is 20.7. The van der Waals surface area contributed by atoms with E-state index in [9.17, 15) is 30.8 Å². The molecule has 3 heterocycles. The van der Waals surface area contributed by atoms with Crippen LogP contribution in [0, 0.1) is 11.7 Å². The molecule has 1 aliphatic carbocycles. The zero-order chi connectivity index (χ0) is 27.8. The van der Waals surface area contributed by atoms with E-state index in [1.807, 2.05) is 12.1 Å². The number of benzene rings is 1. The Morgan fingerprint density at radius 1 is 1.03 bits per heavy atom. The van der Waals surface area contributed by atoms with Crippen LogP contribution in [-0.2, 0) is 19.6 Å². The third-order valence-electron chi connectivity index (χ3n) is 7.20. The molecule has 1 amide bonds. The molecule has 1 aromatic carbocycles. The summed E-state index contributed by atoms with van der Waals surface area (Å²) in [5.74, 6) is -0.833. The van der Waals surface area contributed by atoms with Gasteiger partial charge in [-0.05, 0) is 62.8 Å². The third kappa shape index (κ3) is 6.16. The number of fused-ring (bicyclic) bond motifs is 1. The molecule has 5 rings (SSSR count). The van der Waals surface area contributed by atoms with Crippen LogP contribution in [0.25, 0.3) is 22.4 Å². The number of nitrogens with one attached hydrogen (secondary N) is 2. The largest absolute Gasteiger partial charge is 0.516 e. The van der Waals surface area contributed by atoms with E-state index in [-0.39, 0.29) is 30.9 Å². The molecule has 14 heteroatoms. The molecule has 0 atom stereocenters. The summed E-state index contributed by atoms with van der Waals surface area (Å²) in [6.07, 6.45) is 4.62. The van der Waals surface area contributed by atoms with Crippen molar-refractivity contribution in [1.82, 2.24) is 19.7 Å². The smallest absolute Gasteiger partial charge is 0.375 e. The second kappa shape index (κ2) is 10.7. The Kier molecular flexibility index (Phi) is 7.51. The molecule has 1 saturated carbocycles. The van der Waals surface area contributed by atoms with Crippen molar-refractivity contribution in [2.75, 3.05) is 18.0 Å². The fourth-order valence-corrected chi connectivity index (χ4v) is 5.60. The predicted molar refractivity (Wildman–Crippen MR) is 134 cm³/mol. The van der Waals surface area contributed by atoms with Crippen LogP contribution in [0.15, 0.2) is 36.5 Å².